The number of halogens is 3. The summed E-state index contributed by atoms with van der Waals surface area (Å²) in [6.45, 7) is 1.27. The standard InChI is InChI=1S/C15H18F3N5O/c1-22-9-11(15(16,17)18)20-13(22)10-4-3-7-23(8-10)14-19-6-5-12(21-14)24-2/h5-6,9-10H,3-4,7-8H2,1-2H3/t10-/m0/s1. The number of imidazole rings is 1. The minimum absolute atomic E-state index is 0.102. The zero-order valence-electron chi connectivity index (χ0n) is 13.4. The third-order valence-electron chi connectivity index (χ3n) is 4.10. The van der Waals surface area contributed by atoms with E-state index in [4.69, 9.17) is 4.74 Å². The van der Waals surface area contributed by atoms with E-state index in [1.54, 1.807) is 19.3 Å². The molecule has 3 rings (SSSR count). The zero-order valence-corrected chi connectivity index (χ0v) is 13.4. The monoisotopic (exact) mass is 341 g/mol. The predicted molar refractivity (Wildman–Crippen MR) is 81.0 cm³/mol. The molecule has 0 radical (unpaired) electrons. The van der Waals surface area contributed by atoms with Crippen LogP contribution in [-0.2, 0) is 13.2 Å². The first-order valence-electron chi connectivity index (χ1n) is 7.61. The van der Waals surface area contributed by atoms with Gasteiger partial charge in [-0.1, -0.05) is 0 Å². The van der Waals surface area contributed by atoms with Crippen LogP contribution in [0.1, 0.15) is 30.3 Å². The molecule has 0 spiro atoms. The molecule has 3 heterocycles. The topological polar surface area (TPSA) is 56.1 Å². The Kier molecular flexibility index (Phi) is 4.33. The molecule has 2 aromatic heterocycles. The van der Waals surface area contributed by atoms with Crippen molar-refractivity contribution in [2.24, 2.45) is 7.05 Å². The molecule has 6 nitrogen and oxygen atoms in total. The van der Waals surface area contributed by atoms with Gasteiger partial charge in [0.2, 0.25) is 11.8 Å². The number of methoxy groups -OCH3 is 1. The Hall–Kier alpha value is -2.32. The molecule has 0 unspecified atom stereocenters. The summed E-state index contributed by atoms with van der Waals surface area (Å²) in [7, 11) is 3.12. The minimum Gasteiger partial charge on any atom is -0.481 e. The molecule has 1 fully saturated rings. The largest absolute Gasteiger partial charge is 0.481 e. The summed E-state index contributed by atoms with van der Waals surface area (Å²) >= 11 is 0. The van der Waals surface area contributed by atoms with Crippen molar-refractivity contribution >= 4 is 5.95 Å². The molecule has 130 valence electrons. The molecule has 0 aliphatic carbocycles. The van der Waals surface area contributed by atoms with Crippen LogP contribution in [0.4, 0.5) is 19.1 Å². The van der Waals surface area contributed by atoms with E-state index in [2.05, 4.69) is 15.0 Å². The van der Waals surface area contributed by atoms with E-state index in [1.165, 1.54) is 11.7 Å². The Morgan fingerprint density at radius 3 is 2.75 bits per heavy atom. The van der Waals surface area contributed by atoms with Crippen molar-refractivity contribution in [1.82, 2.24) is 19.5 Å². The first-order valence-corrected chi connectivity index (χ1v) is 7.61. The fraction of sp³-hybridized carbons (Fsp3) is 0.533. The van der Waals surface area contributed by atoms with E-state index in [9.17, 15) is 13.2 Å². The maximum Gasteiger partial charge on any atom is 0.434 e. The molecular formula is C15H18F3N5O. The van der Waals surface area contributed by atoms with E-state index in [0.29, 0.717) is 24.2 Å². The van der Waals surface area contributed by atoms with Crippen LogP contribution < -0.4 is 9.64 Å². The van der Waals surface area contributed by atoms with Crippen LogP contribution >= 0.6 is 0 Å². The van der Waals surface area contributed by atoms with Gasteiger partial charge in [-0.25, -0.2) is 9.97 Å². The highest BCUT2D eigenvalue weighted by Gasteiger charge is 2.36. The Labute approximate surface area is 137 Å². The molecule has 1 saturated heterocycles. The molecule has 0 saturated carbocycles. The number of anilines is 1. The molecule has 0 bridgehead atoms. The third kappa shape index (κ3) is 3.29. The summed E-state index contributed by atoms with van der Waals surface area (Å²) in [5.41, 5.74) is -0.852. The molecule has 9 heteroatoms. The van der Waals surface area contributed by atoms with E-state index in [1.807, 2.05) is 4.90 Å². The quantitative estimate of drug-likeness (QED) is 0.859. The van der Waals surface area contributed by atoms with E-state index in [-0.39, 0.29) is 5.92 Å². The minimum atomic E-state index is -4.43. The fourth-order valence-electron chi connectivity index (χ4n) is 2.96. The molecule has 0 aromatic carbocycles. The lowest BCUT2D eigenvalue weighted by molar-refractivity contribution is -0.141. The van der Waals surface area contributed by atoms with Crippen molar-refractivity contribution in [1.29, 1.82) is 0 Å². The molecule has 24 heavy (non-hydrogen) atoms. The Bertz CT molecular complexity index is 715. The molecule has 0 N–H and O–H groups in total. The normalized spacial score (nSPS) is 18.7. The number of rotatable bonds is 3. The van der Waals surface area contributed by atoms with Crippen LogP contribution in [0.5, 0.6) is 5.88 Å². The third-order valence-corrected chi connectivity index (χ3v) is 4.10. The van der Waals surface area contributed by atoms with E-state index >= 15 is 0 Å². The summed E-state index contributed by atoms with van der Waals surface area (Å²) in [6, 6.07) is 1.65. The van der Waals surface area contributed by atoms with Crippen LogP contribution in [0.2, 0.25) is 0 Å². The second-order valence-corrected chi connectivity index (χ2v) is 5.78. The van der Waals surface area contributed by atoms with Gasteiger partial charge in [-0.15, -0.1) is 0 Å². The van der Waals surface area contributed by atoms with Crippen molar-refractivity contribution < 1.29 is 17.9 Å². The number of nitrogens with zero attached hydrogens (tertiary/aromatic N) is 5. The first-order chi connectivity index (χ1) is 11.4. The van der Waals surface area contributed by atoms with Crippen LogP contribution in [-0.4, -0.2) is 39.7 Å². The summed E-state index contributed by atoms with van der Waals surface area (Å²) in [5.74, 6) is 1.31. The molecular weight excluding hydrogens is 323 g/mol. The summed E-state index contributed by atoms with van der Waals surface area (Å²) in [6.07, 6.45) is -0.175. The molecule has 1 aliphatic rings. The van der Waals surface area contributed by atoms with Gasteiger partial charge in [0.15, 0.2) is 5.69 Å². The van der Waals surface area contributed by atoms with Crippen LogP contribution in [0.3, 0.4) is 0 Å². The maximum atomic E-state index is 12.9. The van der Waals surface area contributed by atoms with Crippen molar-refractivity contribution in [3.63, 3.8) is 0 Å². The summed E-state index contributed by atoms with van der Waals surface area (Å²) in [5, 5.41) is 0. The van der Waals surface area contributed by atoms with Gasteiger partial charge in [0.1, 0.15) is 5.82 Å². The van der Waals surface area contributed by atoms with Gasteiger partial charge >= 0.3 is 6.18 Å². The maximum absolute atomic E-state index is 12.9. The van der Waals surface area contributed by atoms with E-state index in [0.717, 1.165) is 25.6 Å². The van der Waals surface area contributed by atoms with Gasteiger partial charge in [0.25, 0.3) is 0 Å². The highest BCUT2D eigenvalue weighted by Crippen LogP contribution is 2.32. The highest BCUT2D eigenvalue weighted by molar-refractivity contribution is 5.34. The van der Waals surface area contributed by atoms with Gasteiger partial charge in [-0.05, 0) is 12.8 Å². The van der Waals surface area contributed by atoms with Crippen molar-refractivity contribution in [3.8, 4) is 5.88 Å². The lowest BCUT2D eigenvalue weighted by atomic mass is 9.97. The number of hydrogen-bond donors (Lipinski definition) is 0. The summed E-state index contributed by atoms with van der Waals surface area (Å²) < 4.78 is 45.1. The molecule has 2 aromatic rings. The number of alkyl halides is 3. The van der Waals surface area contributed by atoms with Crippen LogP contribution in [0, 0.1) is 0 Å². The lowest BCUT2D eigenvalue weighted by Crippen LogP contribution is -2.36. The number of aryl methyl sites for hydroxylation is 1. The Morgan fingerprint density at radius 2 is 2.08 bits per heavy atom. The smallest absolute Gasteiger partial charge is 0.434 e. The lowest BCUT2D eigenvalue weighted by Gasteiger charge is -2.32. The Morgan fingerprint density at radius 1 is 1.29 bits per heavy atom. The number of hydrogen-bond acceptors (Lipinski definition) is 5. The zero-order chi connectivity index (χ0) is 17.3. The van der Waals surface area contributed by atoms with Gasteiger partial charge in [-0.2, -0.15) is 18.2 Å². The average molecular weight is 341 g/mol. The van der Waals surface area contributed by atoms with Crippen LogP contribution in [0.15, 0.2) is 18.5 Å². The molecule has 1 atom stereocenters. The Balaban J connectivity index is 1.82. The predicted octanol–water partition coefficient (Wildman–Crippen LogP) is 2.62. The fourth-order valence-corrected chi connectivity index (χ4v) is 2.96. The highest BCUT2D eigenvalue weighted by atomic mass is 19.4. The van der Waals surface area contributed by atoms with Crippen LogP contribution in [0.25, 0.3) is 0 Å². The number of ether oxygens (including phenoxy) is 1. The number of piperidine rings is 1. The van der Waals surface area contributed by atoms with Crippen molar-refractivity contribution in [2.75, 3.05) is 25.1 Å². The van der Waals surface area contributed by atoms with Gasteiger partial charge in [0.05, 0.1) is 7.11 Å². The average Bonchev–Trinajstić information content (AvgIpc) is 2.97. The number of aromatic nitrogens is 4. The second-order valence-electron chi connectivity index (χ2n) is 5.78. The first kappa shape index (κ1) is 16.5. The van der Waals surface area contributed by atoms with Crippen molar-refractivity contribution in [2.45, 2.75) is 24.9 Å². The van der Waals surface area contributed by atoms with E-state index < -0.39 is 11.9 Å². The van der Waals surface area contributed by atoms with Gasteiger partial charge < -0.3 is 14.2 Å². The summed E-state index contributed by atoms with van der Waals surface area (Å²) in [4.78, 5) is 14.3. The SMILES string of the molecule is COc1ccnc(N2CCC[C@H](c3nc(C(F)(F)F)cn3C)C2)n1. The molecule has 1 aliphatic heterocycles. The molecule has 0 amide bonds. The van der Waals surface area contributed by atoms with Gasteiger partial charge in [0, 0.05) is 44.5 Å². The van der Waals surface area contributed by atoms with Crippen molar-refractivity contribution in [3.05, 3.63) is 30.0 Å². The van der Waals surface area contributed by atoms with Gasteiger partial charge in [-0.3, -0.25) is 0 Å². The second kappa shape index (κ2) is 6.29.